The summed E-state index contributed by atoms with van der Waals surface area (Å²) in [6.07, 6.45) is 1.93. The van der Waals surface area contributed by atoms with E-state index in [-0.39, 0.29) is 6.04 Å². The fourth-order valence-corrected chi connectivity index (χ4v) is 4.51. The van der Waals surface area contributed by atoms with E-state index in [0.29, 0.717) is 11.4 Å². The Balaban J connectivity index is 1.91. The molecule has 0 aliphatic heterocycles. The summed E-state index contributed by atoms with van der Waals surface area (Å²) in [6.45, 7) is 2.44. The molecule has 0 unspecified atom stereocenters. The van der Waals surface area contributed by atoms with Crippen molar-refractivity contribution < 1.29 is 8.42 Å². The first-order chi connectivity index (χ1) is 9.57. The number of hydrogen-bond donors (Lipinski definition) is 0. The largest absolute Gasteiger partial charge is 0.243 e. The van der Waals surface area contributed by atoms with Crippen LogP contribution in [0.4, 0.5) is 0 Å². The monoisotopic (exact) mass is 307 g/mol. The van der Waals surface area contributed by atoms with Gasteiger partial charge in [-0.3, -0.25) is 0 Å². The maximum atomic E-state index is 12.8. The summed E-state index contributed by atoms with van der Waals surface area (Å²) in [6, 6.07) is 9.26. The van der Waals surface area contributed by atoms with E-state index in [1.54, 1.807) is 27.8 Å². The summed E-state index contributed by atoms with van der Waals surface area (Å²) in [5.74, 6) is 0. The molecular formula is C15H17NO2S2. The fourth-order valence-electron chi connectivity index (χ4n) is 2.18. The highest BCUT2D eigenvalue weighted by Crippen LogP contribution is 2.33. The minimum Gasteiger partial charge on any atom is -0.207 e. The van der Waals surface area contributed by atoms with E-state index in [1.807, 2.05) is 35.9 Å². The van der Waals surface area contributed by atoms with Gasteiger partial charge in [-0.05, 0) is 54.3 Å². The molecule has 5 heteroatoms. The van der Waals surface area contributed by atoms with Crippen molar-refractivity contribution in [2.45, 2.75) is 37.2 Å². The van der Waals surface area contributed by atoms with E-state index in [4.69, 9.17) is 0 Å². The van der Waals surface area contributed by atoms with Gasteiger partial charge in [-0.2, -0.15) is 15.6 Å². The minimum atomic E-state index is -3.39. The molecule has 3 rings (SSSR count). The molecule has 2 aromatic rings. The van der Waals surface area contributed by atoms with Gasteiger partial charge in [0.2, 0.25) is 10.0 Å². The van der Waals surface area contributed by atoms with Crippen LogP contribution in [0.2, 0.25) is 0 Å². The Morgan fingerprint density at radius 2 is 1.90 bits per heavy atom. The Kier molecular flexibility index (Phi) is 3.67. The van der Waals surface area contributed by atoms with Gasteiger partial charge >= 0.3 is 0 Å². The number of thiophene rings is 1. The highest BCUT2D eigenvalue weighted by atomic mass is 32.2. The average molecular weight is 307 g/mol. The topological polar surface area (TPSA) is 37.4 Å². The standard InChI is InChI=1S/C15H17NO2S2/c1-12-2-6-15(7-3-12)20(17,18)16(14-4-5-14)10-13-8-9-19-11-13/h2-3,6-9,11,14H,4-5,10H2,1H3. The molecule has 0 saturated heterocycles. The quantitative estimate of drug-likeness (QED) is 0.849. The number of hydrogen-bond acceptors (Lipinski definition) is 3. The summed E-state index contributed by atoms with van der Waals surface area (Å²) in [7, 11) is -3.39. The second-order valence-corrected chi connectivity index (χ2v) is 7.90. The van der Waals surface area contributed by atoms with Crippen LogP contribution in [0.1, 0.15) is 24.0 Å². The van der Waals surface area contributed by atoms with Crippen molar-refractivity contribution in [1.82, 2.24) is 4.31 Å². The molecule has 0 atom stereocenters. The van der Waals surface area contributed by atoms with Crippen LogP contribution in [0.25, 0.3) is 0 Å². The zero-order valence-corrected chi connectivity index (χ0v) is 13.0. The maximum absolute atomic E-state index is 12.8. The number of aryl methyl sites for hydroxylation is 1. The fraction of sp³-hybridized carbons (Fsp3) is 0.333. The molecule has 106 valence electrons. The van der Waals surface area contributed by atoms with Gasteiger partial charge in [0, 0.05) is 12.6 Å². The highest BCUT2D eigenvalue weighted by Gasteiger charge is 2.38. The lowest BCUT2D eigenvalue weighted by molar-refractivity contribution is 0.399. The van der Waals surface area contributed by atoms with E-state index in [2.05, 4.69) is 0 Å². The number of sulfonamides is 1. The molecule has 0 N–H and O–H groups in total. The van der Waals surface area contributed by atoms with Crippen LogP contribution in [0.3, 0.4) is 0 Å². The SMILES string of the molecule is Cc1ccc(S(=O)(=O)N(Cc2ccsc2)C2CC2)cc1. The molecule has 20 heavy (non-hydrogen) atoms. The Labute approximate surface area is 123 Å². The molecule has 1 aliphatic rings. The van der Waals surface area contributed by atoms with E-state index < -0.39 is 10.0 Å². The van der Waals surface area contributed by atoms with E-state index in [1.165, 1.54) is 0 Å². The lowest BCUT2D eigenvalue weighted by Gasteiger charge is -2.21. The van der Waals surface area contributed by atoms with Gasteiger partial charge in [-0.1, -0.05) is 17.7 Å². The van der Waals surface area contributed by atoms with Gasteiger partial charge in [-0.15, -0.1) is 0 Å². The molecule has 0 radical (unpaired) electrons. The van der Waals surface area contributed by atoms with E-state index in [9.17, 15) is 8.42 Å². The van der Waals surface area contributed by atoms with Crippen molar-refractivity contribution in [3.8, 4) is 0 Å². The third-order valence-electron chi connectivity index (χ3n) is 3.50. The smallest absolute Gasteiger partial charge is 0.207 e. The molecule has 1 fully saturated rings. The Bertz CT molecular complexity index is 671. The average Bonchev–Trinajstić information content (AvgIpc) is 3.12. The molecule has 1 aromatic carbocycles. The molecule has 1 aliphatic carbocycles. The van der Waals surface area contributed by atoms with Crippen molar-refractivity contribution in [3.05, 3.63) is 52.2 Å². The molecule has 3 nitrogen and oxygen atoms in total. The van der Waals surface area contributed by atoms with E-state index >= 15 is 0 Å². The highest BCUT2D eigenvalue weighted by molar-refractivity contribution is 7.89. The van der Waals surface area contributed by atoms with Gasteiger partial charge in [-0.25, -0.2) is 8.42 Å². The first-order valence-electron chi connectivity index (χ1n) is 6.67. The van der Waals surface area contributed by atoms with Gasteiger partial charge in [0.15, 0.2) is 0 Å². The minimum absolute atomic E-state index is 0.168. The summed E-state index contributed by atoms with van der Waals surface area (Å²) in [4.78, 5) is 0.394. The molecule has 0 amide bonds. The third-order valence-corrected chi connectivity index (χ3v) is 6.14. The zero-order chi connectivity index (χ0) is 14.2. The summed E-state index contributed by atoms with van der Waals surface area (Å²) in [5.41, 5.74) is 2.14. The second kappa shape index (κ2) is 5.31. The number of benzene rings is 1. The van der Waals surface area contributed by atoms with Gasteiger partial charge in [0.05, 0.1) is 4.90 Å². The van der Waals surface area contributed by atoms with Gasteiger partial charge in [0.25, 0.3) is 0 Å². The van der Waals surface area contributed by atoms with Crippen molar-refractivity contribution in [3.63, 3.8) is 0 Å². The van der Waals surface area contributed by atoms with Crippen molar-refractivity contribution in [2.24, 2.45) is 0 Å². The first kappa shape index (κ1) is 13.8. The summed E-state index contributed by atoms with van der Waals surface area (Å²) < 4.78 is 27.2. The number of nitrogens with zero attached hydrogens (tertiary/aromatic N) is 1. The normalized spacial score (nSPS) is 15.7. The zero-order valence-electron chi connectivity index (χ0n) is 11.3. The van der Waals surface area contributed by atoms with Crippen molar-refractivity contribution in [2.75, 3.05) is 0 Å². The summed E-state index contributed by atoms with van der Waals surface area (Å²) in [5, 5.41) is 4.00. The lowest BCUT2D eigenvalue weighted by atomic mass is 10.2. The van der Waals surface area contributed by atoms with Crippen LogP contribution in [0.5, 0.6) is 0 Å². The molecule has 0 spiro atoms. The molecule has 1 aromatic heterocycles. The predicted molar refractivity (Wildman–Crippen MR) is 81.2 cm³/mol. The Morgan fingerprint density at radius 3 is 2.45 bits per heavy atom. The van der Waals surface area contributed by atoms with Crippen LogP contribution in [-0.2, 0) is 16.6 Å². The second-order valence-electron chi connectivity index (χ2n) is 5.23. The molecule has 1 heterocycles. The lowest BCUT2D eigenvalue weighted by Crippen LogP contribution is -2.32. The maximum Gasteiger partial charge on any atom is 0.243 e. The predicted octanol–water partition coefficient (Wildman–Crippen LogP) is 3.41. The number of rotatable bonds is 5. The van der Waals surface area contributed by atoms with Crippen LogP contribution in [-0.4, -0.2) is 18.8 Å². The van der Waals surface area contributed by atoms with Crippen LogP contribution in [0, 0.1) is 6.92 Å². The molecule has 1 saturated carbocycles. The van der Waals surface area contributed by atoms with E-state index in [0.717, 1.165) is 24.0 Å². The Morgan fingerprint density at radius 1 is 1.20 bits per heavy atom. The third kappa shape index (κ3) is 2.80. The van der Waals surface area contributed by atoms with Gasteiger partial charge in [0.1, 0.15) is 0 Å². The first-order valence-corrected chi connectivity index (χ1v) is 9.05. The van der Waals surface area contributed by atoms with Crippen LogP contribution < -0.4 is 0 Å². The van der Waals surface area contributed by atoms with Crippen molar-refractivity contribution >= 4 is 21.4 Å². The van der Waals surface area contributed by atoms with Crippen LogP contribution in [0.15, 0.2) is 46.0 Å². The van der Waals surface area contributed by atoms with Crippen LogP contribution >= 0.6 is 11.3 Å². The Hall–Kier alpha value is -1.17. The summed E-state index contributed by atoms with van der Waals surface area (Å²) >= 11 is 1.60. The molecule has 0 bridgehead atoms. The molecular weight excluding hydrogens is 290 g/mol. The van der Waals surface area contributed by atoms with Gasteiger partial charge < -0.3 is 0 Å². The van der Waals surface area contributed by atoms with Crippen molar-refractivity contribution in [1.29, 1.82) is 0 Å².